The predicted molar refractivity (Wildman–Crippen MR) is 94.0 cm³/mol. The van der Waals surface area contributed by atoms with E-state index in [9.17, 15) is 13.2 Å². The quantitative estimate of drug-likeness (QED) is 0.666. The first kappa shape index (κ1) is 21.6. The summed E-state index contributed by atoms with van der Waals surface area (Å²) in [4.78, 5) is 10.2. The summed E-state index contributed by atoms with van der Waals surface area (Å²) in [6, 6.07) is 8.30. The Morgan fingerprint density at radius 2 is 1.65 bits per heavy atom. The fraction of sp³-hybridized carbons (Fsp3) is 0.588. The molecule has 0 saturated carbocycles. The minimum Gasteiger partial charge on any atom is -0.478 e. The number of sulfonamides is 1. The molecule has 0 amide bonds. The maximum absolute atomic E-state index is 11.1. The Bertz CT molecular complexity index is 529. The number of carbonyl (C=O) groups is 1. The van der Waals surface area contributed by atoms with Gasteiger partial charge in [0.2, 0.25) is 10.0 Å². The van der Waals surface area contributed by atoms with E-state index in [1.54, 1.807) is 30.3 Å². The van der Waals surface area contributed by atoms with Gasteiger partial charge in [-0.05, 0) is 25.0 Å². The largest absolute Gasteiger partial charge is 0.478 e. The van der Waals surface area contributed by atoms with Crippen LogP contribution in [-0.4, -0.2) is 24.7 Å². The van der Waals surface area contributed by atoms with Crippen molar-refractivity contribution in [2.75, 3.05) is 0 Å². The fourth-order valence-electron chi connectivity index (χ4n) is 2.16. The Kier molecular flexibility index (Phi) is 11.3. The zero-order valence-corrected chi connectivity index (χ0v) is 14.9. The lowest BCUT2D eigenvalue weighted by Gasteiger charge is -2.11. The van der Waals surface area contributed by atoms with Crippen molar-refractivity contribution in [1.82, 2.24) is 0 Å². The molecule has 23 heavy (non-hydrogen) atoms. The van der Waals surface area contributed by atoms with Gasteiger partial charge in [0.05, 0.1) is 10.8 Å². The van der Waals surface area contributed by atoms with E-state index in [2.05, 4.69) is 6.92 Å². The minimum atomic E-state index is -3.31. The van der Waals surface area contributed by atoms with Crippen LogP contribution < -0.4 is 5.14 Å². The number of carboxylic acids is 1. The molecule has 5 nitrogen and oxygen atoms in total. The Morgan fingerprint density at radius 1 is 1.09 bits per heavy atom. The number of nitrogens with two attached hydrogens (primary N) is 1. The Labute approximate surface area is 140 Å². The van der Waals surface area contributed by atoms with Gasteiger partial charge in [-0.3, -0.25) is 0 Å². The zero-order valence-electron chi connectivity index (χ0n) is 14.1. The molecule has 3 N–H and O–H groups in total. The fourth-order valence-corrected chi connectivity index (χ4v) is 3.12. The van der Waals surface area contributed by atoms with Crippen LogP contribution in [0.1, 0.15) is 69.2 Å². The number of carboxylic acid groups (broad SMARTS) is 1. The van der Waals surface area contributed by atoms with Crippen molar-refractivity contribution in [3.05, 3.63) is 35.9 Å². The van der Waals surface area contributed by atoms with Crippen LogP contribution in [0, 0.1) is 0 Å². The zero-order chi connectivity index (χ0) is 17.7. The number of primary sulfonamides is 1. The first-order valence-corrected chi connectivity index (χ1v) is 9.73. The first-order valence-electron chi connectivity index (χ1n) is 8.12. The van der Waals surface area contributed by atoms with Crippen molar-refractivity contribution < 1.29 is 18.3 Å². The van der Waals surface area contributed by atoms with Crippen LogP contribution in [0.25, 0.3) is 0 Å². The molecule has 0 aliphatic heterocycles. The standard InChI is InChI=1S/C10H23NO2S.C7H6O2/c1-3-5-6-7-8-9-10(4-2)14(11,12)13;8-7(9)6-4-2-1-3-5-6/h10H,3-9H2,1-2H3,(H2,11,12,13);1-5H,(H,8,9). The molecule has 0 spiro atoms. The Morgan fingerprint density at radius 3 is 2.04 bits per heavy atom. The van der Waals surface area contributed by atoms with Crippen molar-refractivity contribution in [2.45, 2.75) is 64.0 Å². The second-order valence-corrected chi connectivity index (χ2v) is 7.34. The molecule has 0 aromatic heterocycles. The number of benzene rings is 1. The first-order chi connectivity index (χ1) is 10.8. The molecule has 0 aliphatic rings. The normalized spacial score (nSPS) is 12.1. The molecule has 6 heteroatoms. The SMILES string of the molecule is CCCCCCCC(CC)S(N)(=O)=O.O=C(O)c1ccccc1. The summed E-state index contributed by atoms with van der Waals surface area (Å²) in [5, 5.41) is 13.2. The molecule has 1 unspecified atom stereocenters. The molecule has 1 rings (SSSR count). The average Bonchev–Trinajstić information content (AvgIpc) is 2.51. The van der Waals surface area contributed by atoms with Crippen LogP contribution in [0.5, 0.6) is 0 Å². The summed E-state index contributed by atoms with van der Waals surface area (Å²) >= 11 is 0. The van der Waals surface area contributed by atoms with Gasteiger partial charge >= 0.3 is 5.97 Å². The van der Waals surface area contributed by atoms with Gasteiger partial charge in [-0.2, -0.15) is 0 Å². The molecule has 0 bridgehead atoms. The maximum Gasteiger partial charge on any atom is 0.335 e. The molecule has 0 heterocycles. The third-order valence-corrected chi connectivity index (χ3v) is 5.07. The van der Waals surface area contributed by atoms with Crippen molar-refractivity contribution in [2.24, 2.45) is 5.14 Å². The van der Waals surface area contributed by atoms with Crippen LogP contribution in [0.15, 0.2) is 30.3 Å². The van der Waals surface area contributed by atoms with Gasteiger partial charge < -0.3 is 5.11 Å². The number of hydrogen-bond donors (Lipinski definition) is 2. The summed E-state index contributed by atoms with van der Waals surface area (Å²) in [6.07, 6.45) is 7.12. The average molecular weight is 343 g/mol. The van der Waals surface area contributed by atoms with Gasteiger partial charge in [-0.15, -0.1) is 0 Å². The molecule has 0 aliphatic carbocycles. The van der Waals surface area contributed by atoms with Gasteiger partial charge in [0.1, 0.15) is 0 Å². The van der Waals surface area contributed by atoms with Crippen LogP contribution in [0.2, 0.25) is 0 Å². The summed E-state index contributed by atoms with van der Waals surface area (Å²) < 4.78 is 22.1. The second-order valence-electron chi connectivity index (χ2n) is 5.49. The highest BCUT2D eigenvalue weighted by Crippen LogP contribution is 2.13. The Balaban J connectivity index is 0.000000459. The van der Waals surface area contributed by atoms with Crippen molar-refractivity contribution in [3.8, 4) is 0 Å². The third kappa shape index (κ3) is 10.9. The van der Waals surface area contributed by atoms with Gasteiger partial charge in [0.15, 0.2) is 0 Å². The van der Waals surface area contributed by atoms with Gasteiger partial charge in [0.25, 0.3) is 0 Å². The number of unbranched alkanes of at least 4 members (excludes halogenated alkanes) is 4. The monoisotopic (exact) mass is 343 g/mol. The highest BCUT2D eigenvalue weighted by Gasteiger charge is 2.18. The van der Waals surface area contributed by atoms with Gasteiger partial charge in [-0.25, -0.2) is 18.4 Å². The number of hydrogen-bond acceptors (Lipinski definition) is 3. The molecule has 132 valence electrons. The van der Waals surface area contributed by atoms with Crippen molar-refractivity contribution >= 4 is 16.0 Å². The number of aromatic carboxylic acids is 1. The predicted octanol–water partition coefficient (Wildman–Crippen LogP) is 3.80. The molecule has 1 aromatic carbocycles. The van der Waals surface area contributed by atoms with E-state index in [1.807, 2.05) is 6.92 Å². The maximum atomic E-state index is 11.1. The molecule has 0 fully saturated rings. The third-order valence-electron chi connectivity index (χ3n) is 3.57. The van der Waals surface area contributed by atoms with Crippen LogP contribution in [0.4, 0.5) is 0 Å². The topological polar surface area (TPSA) is 97.5 Å². The second kappa shape index (κ2) is 12.1. The summed E-state index contributed by atoms with van der Waals surface area (Å²) in [6.45, 7) is 4.04. The van der Waals surface area contributed by atoms with Gasteiger partial charge in [0, 0.05) is 0 Å². The number of rotatable bonds is 9. The van der Waals surface area contributed by atoms with E-state index in [4.69, 9.17) is 10.2 Å². The molecule has 1 atom stereocenters. The summed E-state index contributed by atoms with van der Waals surface area (Å²) in [7, 11) is -3.31. The van der Waals surface area contributed by atoms with E-state index in [0.717, 1.165) is 19.3 Å². The van der Waals surface area contributed by atoms with Crippen LogP contribution in [-0.2, 0) is 10.0 Å². The Hall–Kier alpha value is -1.40. The molecule has 0 saturated heterocycles. The lowest BCUT2D eigenvalue weighted by atomic mass is 10.1. The summed E-state index contributed by atoms with van der Waals surface area (Å²) in [5.74, 6) is -0.879. The van der Waals surface area contributed by atoms with Crippen molar-refractivity contribution in [1.29, 1.82) is 0 Å². The highest BCUT2D eigenvalue weighted by atomic mass is 32.2. The molecular formula is C17H29NO4S. The van der Waals surface area contributed by atoms with E-state index < -0.39 is 16.0 Å². The van der Waals surface area contributed by atoms with Crippen molar-refractivity contribution in [3.63, 3.8) is 0 Å². The van der Waals surface area contributed by atoms with E-state index in [0.29, 0.717) is 12.0 Å². The van der Waals surface area contributed by atoms with E-state index >= 15 is 0 Å². The lowest BCUT2D eigenvalue weighted by molar-refractivity contribution is 0.0697. The lowest BCUT2D eigenvalue weighted by Crippen LogP contribution is -2.27. The van der Waals surface area contributed by atoms with E-state index in [1.165, 1.54) is 19.3 Å². The minimum absolute atomic E-state index is 0.330. The molecule has 0 radical (unpaired) electrons. The van der Waals surface area contributed by atoms with Crippen LogP contribution in [0.3, 0.4) is 0 Å². The van der Waals surface area contributed by atoms with E-state index in [-0.39, 0.29) is 5.25 Å². The summed E-state index contributed by atoms with van der Waals surface area (Å²) in [5.41, 5.74) is 0.331. The van der Waals surface area contributed by atoms with Gasteiger partial charge in [-0.1, -0.05) is 64.2 Å². The smallest absolute Gasteiger partial charge is 0.335 e. The van der Waals surface area contributed by atoms with Crippen LogP contribution >= 0.6 is 0 Å². The molecular weight excluding hydrogens is 314 g/mol. The molecule has 1 aromatic rings. The highest BCUT2D eigenvalue weighted by molar-refractivity contribution is 7.89.